The molecule has 1 aromatic heterocycles. The summed E-state index contributed by atoms with van der Waals surface area (Å²) in [6.45, 7) is 1.82. The van der Waals surface area contributed by atoms with Crippen LogP contribution in [0.3, 0.4) is 0 Å². The van der Waals surface area contributed by atoms with Gasteiger partial charge in [-0.05, 0) is 30.2 Å². The van der Waals surface area contributed by atoms with Gasteiger partial charge >= 0.3 is 11.9 Å². The summed E-state index contributed by atoms with van der Waals surface area (Å²) >= 11 is 1.45. The van der Waals surface area contributed by atoms with Crippen molar-refractivity contribution in [3.05, 3.63) is 22.4 Å². The van der Waals surface area contributed by atoms with Crippen molar-refractivity contribution in [3.63, 3.8) is 0 Å². The fourth-order valence-electron chi connectivity index (χ4n) is 2.70. The van der Waals surface area contributed by atoms with Crippen molar-refractivity contribution in [2.75, 3.05) is 0 Å². The van der Waals surface area contributed by atoms with E-state index in [0.717, 1.165) is 0 Å². The number of carbonyl (C=O) groups excluding carboxylic acids is 2. The molecule has 3 heterocycles. The molecule has 0 aliphatic carbocycles. The number of nitrogens with zero attached hydrogens (tertiary/aromatic N) is 1. The van der Waals surface area contributed by atoms with Gasteiger partial charge in [-0.3, -0.25) is 0 Å². The van der Waals surface area contributed by atoms with Crippen LogP contribution < -0.4 is 0 Å². The van der Waals surface area contributed by atoms with Gasteiger partial charge in [0.15, 0.2) is 0 Å². The summed E-state index contributed by atoms with van der Waals surface area (Å²) in [4.78, 5) is 28.1. The first-order chi connectivity index (χ1) is 9.03. The molecule has 3 unspecified atom stereocenters. The van der Waals surface area contributed by atoms with Gasteiger partial charge < -0.3 is 14.7 Å². The van der Waals surface area contributed by atoms with E-state index < -0.39 is 23.8 Å². The number of rotatable bonds is 1. The lowest BCUT2D eigenvalue weighted by molar-refractivity contribution is -0.346. The van der Waals surface area contributed by atoms with E-state index in [-0.39, 0.29) is 12.5 Å². The molecule has 2 saturated heterocycles. The van der Waals surface area contributed by atoms with Crippen LogP contribution in [0, 0.1) is 0 Å². The highest BCUT2D eigenvalue weighted by atomic mass is 32.1. The third-order valence-corrected chi connectivity index (χ3v) is 4.15. The van der Waals surface area contributed by atoms with Gasteiger partial charge in [0.2, 0.25) is 5.72 Å². The van der Waals surface area contributed by atoms with Gasteiger partial charge in [-0.25, -0.2) is 9.59 Å². The first kappa shape index (κ1) is 12.6. The number of fused-ring (bicyclic) bond motifs is 1. The minimum Gasteiger partial charge on any atom is -0.428 e. The number of aliphatic hydroxyl groups is 1. The van der Waals surface area contributed by atoms with E-state index in [0.29, 0.717) is 12.0 Å². The maximum Gasteiger partial charge on any atom is 0.436 e. The Balaban J connectivity index is 2.08. The zero-order chi connectivity index (χ0) is 13.6. The van der Waals surface area contributed by atoms with Gasteiger partial charge in [0.25, 0.3) is 0 Å². The molecule has 0 amide bonds. The Labute approximate surface area is 113 Å². The maximum atomic E-state index is 11.6. The lowest BCUT2D eigenvalue weighted by Crippen LogP contribution is -2.63. The molecule has 102 valence electrons. The largest absolute Gasteiger partial charge is 0.436 e. The summed E-state index contributed by atoms with van der Waals surface area (Å²) in [5, 5.41) is 15.0. The van der Waals surface area contributed by atoms with Gasteiger partial charge in [0.1, 0.15) is 0 Å². The average molecular weight is 283 g/mol. The number of hydrogen-bond acceptors (Lipinski definition) is 7. The number of thiophene rings is 1. The van der Waals surface area contributed by atoms with Crippen LogP contribution in [0.2, 0.25) is 0 Å². The van der Waals surface area contributed by atoms with Crippen LogP contribution in [0.4, 0.5) is 0 Å². The van der Waals surface area contributed by atoms with Crippen LogP contribution in [0.15, 0.2) is 16.8 Å². The topological polar surface area (TPSA) is 76.1 Å². The standard InChI is InChI=1S/C12H13NO5S/c1-7-4-9(14)5-12(8-2-3-19-6-8)13(7)18-11(16)10(15)17-12/h2-3,6-7,9,14H,4-5H2,1H3. The average Bonchev–Trinajstić information content (AvgIpc) is 2.86. The fraction of sp³-hybridized carbons (Fsp3) is 0.500. The maximum absolute atomic E-state index is 11.6. The van der Waals surface area contributed by atoms with E-state index in [1.165, 1.54) is 16.4 Å². The van der Waals surface area contributed by atoms with Gasteiger partial charge in [-0.1, -0.05) is 5.06 Å². The minimum absolute atomic E-state index is 0.188. The van der Waals surface area contributed by atoms with Gasteiger partial charge in [-0.15, -0.1) is 0 Å². The van der Waals surface area contributed by atoms with E-state index in [2.05, 4.69) is 0 Å². The number of carbonyl (C=O) groups is 2. The summed E-state index contributed by atoms with van der Waals surface area (Å²) in [7, 11) is 0. The molecule has 2 aliphatic rings. The Bertz CT molecular complexity index is 516. The zero-order valence-corrected chi connectivity index (χ0v) is 11.1. The molecule has 3 rings (SSSR count). The third-order valence-electron chi connectivity index (χ3n) is 3.46. The third kappa shape index (κ3) is 1.85. The van der Waals surface area contributed by atoms with E-state index in [1.807, 2.05) is 17.7 Å². The molecule has 1 N–H and O–H groups in total. The van der Waals surface area contributed by atoms with Crippen molar-refractivity contribution < 1.29 is 24.3 Å². The van der Waals surface area contributed by atoms with E-state index in [9.17, 15) is 14.7 Å². The predicted octanol–water partition coefficient (Wildman–Crippen LogP) is 0.761. The Morgan fingerprint density at radius 1 is 1.47 bits per heavy atom. The molecule has 6 nitrogen and oxygen atoms in total. The highest BCUT2D eigenvalue weighted by molar-refractivity contribution is 7.08. The monoisotopic (exact) mass is 283 g/mol. The minimum atomic E-state index is -1.21. The Kier molecular flexibility index (Phi) is 2.84. The van der Waals surface area contributed by atoms with Crippen molar-refractivity contribution in [1.82, 2.24) is 5.06 Å². The second kappa shape index (κ2) is 4.29. The molecule has 19 heavy (non-hydrogen) atoms. The molecule has 0 aromatic carbocycles. The quantitative estimate of drug-likeness (QED) is 0.606. The number of esters is 1. The van der Waals surface area contributed by atoms with Crippen LogP contribution in [0.1, 0.15) is 25.3 Å². The highest BCUT2D eigenvalue weighted by Gasteiger charge is 2.56. The molecular weight excluding hydrogens is 270 g/mol. The molecule has 0 spiro atoms. The molecule has 1 aromatic rings. The molecular formula is C12H13NO5S. The molecule has 7 heteroatoms. The van der Waals surface area contributed by atoms with Crippen LogP contribution >= 0.6 is 11.3 Å². The lowest BCUT2D eigenvalue weighted by Gasteiger charge is -2.50. The second-order valence-electron chi connectivity index (χ2n) is 4.83. The molecule has 2 aliphatic heterocycles. The molecule has 0 saturated carbocycles. The van der Waals surface area contributed by atoms with Gasteiger partial charge in [0, 0.05) is 12.0 Å². The van der Waals surface area contributed by atoms with Crippen LogP contribution in [-0.2, 0) is 24.9 Å². The van der Waals surface area contributed by atoms with Gasteiger partial charge in [0.05, 0.1) is 12.1 Å². The van der Waals surface area contributed by atoms with Crippen molar-refractivity contribution in [2.45, 2.75) is 37.6 Å². The Morgan fingerprint density at radius 2 is 2.26 bits per heavy atom. The lowest BCUT2D eigenvalue weighted by atomic mass is 9.88. The molecule has 3 atom stereocenters. The van der Waals surface area contributed by atoms with Crippen LogP contribution in [-0.4, -0.2) is 34.3 Å². The smallest absolute Gasteiger partial charge is 0.428 e. The van der Waals surface area contributed by atoms with Crippen LogP contribution in [0.5, 0.6) is 0 Å². The second-order valence-corrected chi connectivity index (χ2v) is 5.61. The van der Waals surface area contributed by atoms with E-state index in [1.54, 1.807) is 6.07 Å². The highest BCUT2D eigenvalue weighted by Crippen LogP contribution is 2.44. The summed E-state index contributed by atoms with van der Waals surface area (Å²) < 4.78 is 5.33. The zero-order valence-electron chi connectivity index (χ0n) is 10.2. The van der Waals surface area contributed by atoms with E-state index in [4.69, 9.17) is 9.57 Å². The number of aliphatic hydroxyl groups excluding tert-OH is 1. The number of hydrogen-bond donors (Lipinski definition) is 1. The summed E-state index contributed by atoms with van der Waals surface area (Å²) in [5.74, 6) is -2.04. The molecule has 0 radical (unpaired) electrons. The summed E-state index contributed by atoms with van der Waals surface area (Å²) in [6.07, 6.45) is 0.0276. The summed E-state index contributed by atoms with van der Waals surface area (Å²) in [5.41, 5.74) is -0.494. The van der Waals surface area contributed by atoms with Crippen molar-refractivity contribution in [1.29, 1.82) is 0 Å². The number of hydroxylamine groups is 2. The Morgan fingerprint density at radius 3 is 2.95 bits per heavy atom. The SMILES string of the molecule is CC1CC(O)CC2(c3ccsc3)OC(=O)C(=O)ON12. The van der Waals surface area contributed by atoms with E-state index >= 15 is 0 Å². The van der Waals surface area contributed by atoms with Crippen molar-refractivity contribution >= 4 is 23.3 Å². The number of ether oxygens (including phenoxy) is 1. The van der Waals surface area contributed by atoms with Crippen molar-refractivity contribution in [2.24, 2.45) is 0 Å². The Hall–Kier alpha value is -1.44. The summed E-state index contributed by atoms with van der Waals surface area (Å²) in [6, 6.07) is 1.56. The van der Waals surface area contributed by atoms with Crippen LogP contribution in [0.25, 0.3) is 0 Å². The van der Waals surface area contributed by atoms with Gasteiger partial charge in [-0.2, -0.15) is 11.3 Å². The van der Waals surface area contributed by atoms with Crippen molar-refractivity contribution in [3.8, 4) is 0 Å². The first-order valence-corrected chi connectivity index (χ1v) is 6.92. The number of piperidine rings is 1. The molecule has 2 fully saturated rings. The predicted molar refractivity (Wildman–Crippen MR) is 64.7 cm³/mol. The molecule has 0 bridgehead atoms. The first-order valence-electron chi connectivity index (χ1n) is 5.98. The normalized spacial score (nSPS) is 35.5. The fourth-order valence-corrected chi connectivity index (χ4v) is 3.41.